The minimum atomic E-state index is 0.435. The molecule has 1 aliphatic rings. The third-order valence-corrected chi connectivity index (χ3v) is 3.76. The molecule has 1 fully saturated rings. The first-order valence-electron chi connectivity index (χ1n) is 6.73. The third-order valence-electron chi connectivity index (χ3n) is 3.76. The topological polar surface area (TPSA) is 52.8 Å². The Hall–Kier alpha value is -1.63. The van der Waals surface area contributed by atoms with Gasteiger partial charge in [0, 0.05) is 19.7 Å². The molecule has 1 saturated carbocycles. The predicted molar refractivity (Wildman–Crippen MR) is 71.2 cm³/mol. The molecule has 4 nitrogen and oxygen atoms in total. The van der Waals surface area contributed by atoms with Gasteiger partial charge in [0.2, 0.25) is 0 Å². The van der Waals surface area contributed by atoms with Gasteiger partial charge in [-0.25, -0.2) is 9.97 Å². The normalized spacial score (nSPS) is 16.2. The summed E-state index contributed by atoms with van der Waals surface area (Å²) in [5.74, 6) is 1.72. The molecule has 0 atom stereocenters. The van der Waals surface area contributed by atoms with Gasteiger partial charge in [0.1, 0.15) is 23.9 Å². The average molecular weight is 244 g/mol. The zero-order chi connectivity index (χ0) is 12.8. The molecule has 1 heterocycles. The standard InChI is InChI=1S/C14H20N4/c1-18(8-7-12-5-3-2-4-6-12)14-9-13(10-15)16-11-17-14/h9,11-12H,2-8H2,1H3. The summed E-state index contributed by atoms with van der Waals surface area (Å²) in [5, 5.41) is 8.82. The molecule has 0 spiro atoms. The predicted octanol–water partition coefficient (Wildman–Crippen LogP) is 2.75. The summed E-state index contributed by atoms with van der Waals surface area (Å²) in [4.78, 5) is 10.2. The Bertz CT molecular complexity index is 418. The molecular formula is C14H20N4. The summed E-state index contributed by atoms with van der Waals surface area (Å²) in [6, 6.07) is 3.80. The fourth-order valence-electron chi connectivity index (χ4n) is 2.58. The monoisotopic (exact) mass is 244 g/mol. The van der Waals surface area contributed by atoms with Crippen molar-refractivity contribution in [1.29, 1.82) is 5.26 Å². The van der Waals surface area contributed by atoms with E-state index in [0.29, 0.717) is 5.69 Å². The number of nitriles is 1. The van der Waals surface area contributed by atoms with Crippen molar-refractivity contribution in [2.45, 2.75) is 38.5 Å². The lowest BCUT2D eigenvalue weighted by Gasteiger charge is -2.25. The second-order valence-corrected chi connectivity index (χ2v) is 5.09. The number of anilines is 1. The van der Waals surface area contributed by atoms with E-state index in [1.165, 1.54) is 44.9 Å². The molecule has 0 radical (unpaired) electrons. The van der Waals surface area contributed by atoms with Crippen molar-refractivity contribution < 1.29 is 0 Å². The molecule has 18 heavy (non-hydrogen) atoms. The van der Waals surface area contributed by atoms with Gasteiger partial charge in [-0.15, -0.1) is 0 Å². The van der Waals surface area contributed by atoms with Crippen LogP contribution in [-0.2, 0) is 0 Å². The lowest BCUT2D eigenvalue weighted by atomic mass is 9.87. The highest BCUT2D eigenvalue weighted by Crippen LogP contribution is 2.26. The smallest absolute Gasteiger partial charge is 0.145 e. The van der Waals surface area contributed by atoms with E-state index in [1.807, 2.05) is 13.1 Å². The van der Waals surface area contributed by atoms with E-state index < -0.39 is 0 Å². The molecule has 96 valence electrons. The molecule has 2 rings (SSSR count). The van der Waals surface area contributed by atoms with Crippen LogP contribution in [0.5, 0.6) is 0 Å². The maximum Gasteiger partial charge on any atom is 0.145 e. The Morgan fingerprint density at radius 2 is 2.11 bits per heavy atom. The first kappa shape index (κ1) is 12.8. The van der Waals surface area contributed by atoms with Gasteiger partial charge in [-0.3, -0.25) is 0 Å². The van der Waals surface area contributed by atoms with Crippen molar-refractivity contribution >= 4 is 5.82 Å². The van der Waals surface area contributed by atoms with E-state index in [9.17, 15) is 0 Å². The fraction of sp³-hybridized carbons (Fsp3) is 0.643. The SMILES string of the molecule is CN(CCC1CCCCC1)c1cc(C#N)ncn1. The summed E-state index contributed by atoms with van der Waals surface area (Å²) in [6.07, 6.45) is 9.63. The second-order valence-electron chi connectivity index (χ2n) is 5.09. The number of nitrogens with zero attached hydrogens (tertiary/aromatic N) is 4. The van der Waals surface area contributed by atoms with Crippen molar-refractivity contribution in [2.24, 2.45) is 5.92 Å². The van der Waals surface area contributed by atoms with Gasteiger partial charge in [-0.2, -0.15) is 5.26 Å². The van der Waals surface area contributed by atoms with Gasteiger partial charge < -0.3 is 4.90 Å². The largest absolute Gasteiger partial charge is 0.360 e. The number of hydrogen-bond acceptors (Lipinski definition) is 4. The number of hydrogen-bond donors (Lipinski definition) is 0. The molecule has 0 unspecified atom stereocenters. The van der Waals surface area contributed by atoms with Gasteiger partial charge in [0.25, 0.3) is 0 Å². The zero-order valence-corrected chi connectivity index (χ0v) is 11.0. The highest BCUT2D eigenvalue weighted by atomic mass is 15.2. The van der Waals surface area contributed by atoms with Crippen molar-refractivity contribution in [3.63, 3.8) is 0 Å². The van der Waals surface area contributed by atoms with Crippen molar-refractivity contribution in [1.82, 2.24) is 9.97 Å². The van der Waals surface area contributed by atoms with Gasteiger partial charge in [-0.05, 0) is 12.3 Å². The van der Waals surface area contributed by atoms with Crippen molar-refractivity contribution in [3.8, 4) is 6.07 Å². The van der Waals surface area contributed by atoms with Gasteiger partial charge in [-0.1, -0.05) is 32.1 Å². The van der Waals surface area contributed by atoms with Gasteiger partial charge >= 0.3 is 0 Å². The zero-order valence-electron chi connectivity index (χ0n) is 11.0. The van der Waals surface area contributed by atoms with Crippen LogP contribution in [0.15, 0.2) is 12.4 Å². The fourth-order valence-corrected chi connectivity index (χ4v) is 2.58. The van der Waals surface area contributed by atoms with Crippen LogP contribution in [-0.4, -0.2) is 23.6 Å². The highest BCUT2D eigenvalue weighted by Gasteiger charge is 2.14. The Kier molecular flexibility index (Phi) is 4.52. The van der Waals surface area contributed by atoms with Crippen LogP contribution < -0.4 is 4.90 Å². The molecule has 1 aromatic heterocycles. The summed E-state index contributed by atoms with van der Waals surface area (Å²) < 4.78 is 0. The molecule has 0 aromatic carbocycles. The Balaban J connectivity index is 1.86. The maximum atomic E-state index is 8.82. The Labute approximate surface area is 109 Å². The lowest BCUT2D eigenvalue weighted by molar-refractivity contribution is 0.341. The molecule has 4 heteroatoms. The molecule has 0 saturated heterocycles. The van der Waals surface area contributed by atoms with Crippen LogP contribution in [0.3, 0.4) is 0 Å². The first-order chi connectivity index (χ1) is 8.79. The maximum absolute atomic E-state index is 8.82. The summed E-state index contributed by atoms with van der Waals surface area (Å²) in [5.41, 5.74) is 0.435. The van der Waals surface area contributed by atoms with E-state index >= 15 is 0 Å². The molecule has 1 aliphatic carbocycles. The third kappa shape index (κ3) is 3.43. The van der Waals surface area contributed by atoms with E-state index in [2.05, 4.69) is 14.9 Å². The van der Waals surface area contributed by atoms with Crippen LogP contribution in [0, 0.1) is 17.2 Å². The van der Waals surface area contributed by atoms with E-state index in [1.54, 1.807) is 6.07 Å². The van der Waals surface area contributed by atoms with Crippen LogP contribution in [0.4, 0.5) is 5.82 Å². The summed E-state index contributed by atoms with van der Waals surface area (Å²) >= 11 is 0. The molecule has 0 aliphatic heterocycles. The van der Waals surface area contributed by atoms with Crippen LogP contribution in [0.2, 0.25) is 0 Å². The van der Waals surface area contributed by atoms with Gasteiger partial charge in [0.15, 0.2) is 0 Å². The van der Waals surface area contributed by atoms with Crippen LogP contribution in [0.25, 0.3) is 0 Å². The number of rotatable bonds is 4. The lowest BCUT2D eigenvalue weighted by Crippen LogP contribution is -2.23. The molecular weight excluding hydrogens is 224 g/mol. The average Bonchev–Trinajstić information content (AvgIpc) is 2.46. The summed E-state index contributed by atoms with van der Waals surface area (Å²) in [7, 11) is 2.03. The summed E-state index contributed by atoms with van der Waals surface area (Å²) in [6.45, 7) is 1.01. The van der Waals surface area contributed by atoms with Crippen LogP contribution >= 0.6 is 0 Å². The second kappa shape index (κ2) is 6.34. The molecule has 0 N–H and O–H groups in total. The highest BCUT2D eigenvalue weighted by molar-refractivity contribution is 5.40. The molecule has 0 amide bonds. The van der Waals surface area contributed by atoms with Crippen molar-refractivity contribution in [2.75, 3.05) is 18.5 Å². The Morgan fingerprint density at radius 1 is 1.33 bits per heavy atom. The van der Waals surface area contributed by atoms with E-state index in [0.717, 1.165) is 18.3 Å². The number of aromatic nitrogens is 2. The minimum Gasteiger partial charge on any atom is -0.360 e. The quantitative estimate of drug-likeness (QED) is 0.817. The van der Waals surface area contributed by atoms with Crippen molar-refractivity contribution in [3.05, 3.63) is 18.1 Å². The molecule has 0 bridgehead atoms. The van der Waals surface area contributed by atoms with E-state index in [-0.39, 0.29) is 0 Å². The van der Waals surface area contributed by atoms with E-state index in [4.69, 9.17) is 5.26 Å². The minimum absolute atomic E-state index is 0.435. The first-order valence-corrected chi connectivity index (χ1v) is 6.73. The Morgan fingerprint density at radius 3 is 2.83 bits per heavy atom. The van der Waals surface area contributed by atoms with Gasteiger partial charge in [0.05, 0.1) is 0 Å². The van der Waals surface area contributed by atoms with Crippen LogP contribution in [0.1, 0.15) is 44.2 Å². The molecule has 1 aromatic rings.